The fraction of sp³-hybridized carbons (Fsp3) is 0.167. The average molecular weight is 336 g/mol. The number of aromatic nitrogens is 1. The standard InChI is InChI=1S/C18H16N4O3/c19-9-3-11-21(14-16-5-2-10-20-13-16)18(23)8-7-15-4-1-6-17(12-15)22(24)25/h1-2,4-8,10,12-13H,3,11,14H2/b8-7+. The lowest BCUT2D eigenvalue weighted by molar-refractivity contribution is -0.384. The smallest absolute Gasteiger partial charge is 0.270 e. The number of rotatable bonds is 7. The summed E-state index contributed by atoms with van der Waals surface area (Å²) in [5.41, 5.74) is 1.38. The van der Waals surface area contributed by atoms with Crippen LogP contribution in [0.25, 0.3) is 6.08 Å². The molecule has 1 aromatic carbocycles. The minimum Gasteiger partial charge on any atom is -0.334 e. The van der Waals surface area contributed by atoms with Gasteiger partial charge in [-0.25, -0.2) is 0 Å². The third-order valence-corrected chi connectivity index (χ3v) is 3.40. The Bertz CT molecular complexity index is 813. The van der Waals surface area contributed by atoms with Crippen LogP contribution in [0.5, 0.6) is 0 Å². The van der Waals surface area contributed by atoms with Crippen LogP contribution in [-0.2, 0) is 11.3 Å². The molecule has 7 heteroatoms. The van der Waals surface area contributed by atoms with Gasteiger partial charge in [-0.3, -0.25) is 19.9 Å². The van der Waals surface area contributed by atoms with E-state index in [1.165, 1.54) is 29.2 Å². The van der Waals surface area contributed by atoms with Crippen molar-refractivity contribution in [3.05, 3.63) is 76.1 Å². The molecule has 0 spiro atoms. The highest BCUT2D eigenvalue weighted by molar-refractivity contribution is 5.91. The molecule has 0 saturated heterocycles. The Morgan fingerprint density at radius 2 is 2.20 bits per heavy atom. The SMILES string of the molecule is N#CCCN(Cc1cccnc1)C(=O)/C=C/c1cccc([N+](=O)[O-])c1. The van der Waals surface area contributed by atoms with Gasteiger partial charge in [-0.2, -0.15) is 5.26 Å². The number of benzene rings is 1. The van der Waals surface area contributed by atoms with Crippen LogP contribution < -0.4 is 0 Å². The number of amides is 1. The zero-order valence-corrected chi connectivity index (χ0v) is 13.4. The summed E-state index contributed by atoms with van der Waals surface area (Å²) in [5, 5.41) is 19.6. The largest absolute Gasteiger partial charge is 0.334 e. The van der Waals surface area contributed by atoms with E-state index in [9.17, 15) is 14.9 Å². The van der Waals surface area contributed by atoms with Gasteiger partial charge in [0.1, 0.15) is 0 Å². The van der Waals surface area contributed by atoms with Crippen LogP contribution in [0.2, 0.25) is 0 Å². The van der Waals surface area contributed by atoms with Gasteiger partial charge in [0, 0.05) is 43.7 Å². The van der Waals surface area contributed by atoms with Crippen molar-refractivity contribution in [3.63, 3.8) is 0 Å². The van der Waals surface area contributed by atoms with E-state index in [1.54, 1.807) is 30.6 Å². The Morgan fingerprint density at radius 1 is 1.36 bits per heavy atom. The van der Waals surface area contributed by atoms with E-state index in [0.29, 0.717) is 18.7 Å². The number of pyridine rings is 1. The lowest BCUT2D eigenvalue weighted by Crippen LogP contribution is -2.29. The highest BCUT2D eigenvalue weighted by atomic mass is 16.6. The highest BCUT2D eigenvalue weighted by Crippen LogP contribution is 2.14. The summed E-state index contributed by atoms with van der Waals surface area (Å²) in [5.74, 6) is -0.273. The highest BCUT2D eigenvalue weighted by Gasteiger charge is 2.11. The van der Waals surface area contributed by atoms with Crippen molar-refractivity contribution >= 4 is 17.7 Å². The molecule has 0 unspecified atom stereocenters. The molecule has 1 heterocycles. The zero-order valence-electron chi connectivity index (χ0n) is 13.4. The topological polar surface area (TPSA) is 100 Å². The number of nitro benzene ring substituents is 1. The zero-order chi connectivity index (χ0) is 18.1. The Labute approximate surface area is 145 Å². The first kappa shape index (κ1) is 17.8. The molecule has 0 aliphatic rings. The first-order valence-corrected chi connectivity index (χ1v) is 7.57. The molecule has 0 aliphatic heterocycles. The Hall–Kier alpha value is -3.53. The number of hydrogen-bond donors (Lipinski definition) is 0. The van der Waals surface area contributed by atoms with Crippen molar-refractivity contribution < 1.29 is 9.72 Å². The molecule has 7 nitrogen and oxygen atoms in total. The first-order valence-electron chi connectivity index (χ1n) is 7.57. The molecule has 0 N–H and O–H groups in total. The van der Waals surface area contributed by atoms with Crippen molar-refractivity contribution in [2.24, 2.45) is 0 Å². The molecular weight excluding hydrogens is 320 g/mol. The van der Waals surface area contributed by atoms with Crippen LogP contribution in [0.15, 0.2) is 54.9 Å². The maximum Gasteiger partial charge on any atom is 0.270 e. The minimum absolute atomic E-state index is 0.0358. The summed E-state index contributed by atoms with van der Waals surface area (Å²) in [7, 11) is 0. The number of non-ortho nitro benzene ring substituents is 1. The van der Waals surface area contributed by atoms with E-state index in [0.717, 1.165) is 5.56 Å². The second-order valence-corrected chi connectivity index (χ2v) is 5.21. The van der Waals surface area contributed by atoms with Gasteiger partial charge >= 0.3 is 0 Å². The lowest BCUT2D eigenvalue weighted by Gasteiger charge is -2.19. The van der Waals surface area contributed by atoms with Crippen LogP contribution in [0.3, 0.4) is 0 Å². The number of carbonyl (C=O) groups excluding carboxylic acids is 1. The van der Waals surface area contributed by atoms with Gasteiger partial charge < -0.3 is 4.90 Å². The Kier molecular flexibility index (Phi) is 6.37. The van der Waals surface area contributed by atoms with Gasteiger partial charge in [0.2, 0.25) is 5.91 Å². The molecular formula is C18H16N4O3. The summed E-state index contributed by atoms with van der Waals surface area (Å²) >= 11 is 0. The summed E-state index contributed by atoms with van der Waals surface area (Å²) in [6.45, 7) is 0.636. The number of hydrogen-bond acceptors (Lipinski definition) is 5. The quantitative estimate of drug-likeness (QED) is 0.439. The third kappa shape index (κ3) is 5.55. The monoisotopic (exact) mass is 336 g/mol. The average Bonchev–Trinajstić information content (AvgIpc) is 2.64. The number of nitro groups is 1. The van der Waals surface area contributed by atoms with Gasteiger partial charge in [0.15, 0.2) is 0 Å². The lowest BCUT2D eigenvalue weighted by atomic mass is 10.2. The maximum atomic E-state index is 12.4. The minimum atomic E-state index is -0.485. The van der Waals surface area contributed by atoms with Gasteiger partial charge in [-0.15, -0.1) is 0 Å². The molecule has 25 heavy (non-hydrogen) atoms. The van der Waals surface area contributed by atoms with Gasteiger partial charge in [0.05, 0.1) is 17.4 Å². The molecule has 2 rings (SSSR count). The summed E-state index contributed by atoms with van der Waals surface area (Å²) in [6, 6.07) is 11.7. The Balaban J connectivity index is 2.11. The normalized spacial score (nSPS) is 10.4. The van der Waals surface area contributed by atoms with Crippen LogP contribution in [0, 0.1) is 21.4 Å². The molecule has 0 saturated carbocycles. The first-order chi connectivity index (χ1) is 12.1. The molecule has 0 atom stereocenters. The predicted octanol–water partition coefficient (Wildman–Crippen LogP) is 2.95. The summed E-state index contributed by atoms with van der Waals surface area (Å²) < 4.78 is 0. The van der Waals surface area contributed by atoms with E-state index in [4.69, 9.17) is 5.26 Å². The number of nitriles is 1. The van der Waals surface area contributed by atoms with Crippen LogP contribution in [0.1, 0.15) is 17.5 Å². The molecule has 0 radical (unpaired) electrons. The van der Waals surface area contributed by atoms with E-state index < -0.39 is 4.92 Å². The third-order valence-electron chi connectivity index (χ3n) is 3.40. The molecule has 0 fully saturated rings. The van der Waals surface area contributed by atoms with E-state index in [-0.39, 0.29) is 18.0 Å². The van der Waals surface area contributed by atoms with Crippen molar-refractivity contribution in [1.29, 1.82) is 5.26 Å². The Morgan fingerprint density at radius 3 is 2.88 bits per heavy atom. The van der Waals surface area contributed by atoms with E-state index in [2.05, 4.69) is 4.98 Å². The fourth-order valence-electron chi connectivity index (χ4n) is 2.18. The number of carbonyl (C=O) groups is 1. The second kappa shape index (κ2) is 8.93. The van der Waals surface area contributed by atoms with Crippen LogP contribution >= 0.6 is 0 Å². The maximum absolute atomic E-state index is 12.4. The number of nitrogens with zero attached hydrogens (tertiary/aromatic N) is 4. The van der Waals surface area contributed by atoms with E-state index >= 15 is 0 Å². The van der Waals surface area contributed by atoms with Crippen molar-refractivity contribution in [1.82, 2.24) is 9.88 Å². The molecule has 126 valence electrons. The van der Waals surface area contributed by atoms with E-state index in [1.807, 2.05) is 12.1 Å². The van der Waals surface area contributed by atoms with Crippen LogP contribution in [0.4, 0.5) is 5.69 Å². The molecule has 2 aromatic rings. The summed E-state index contributed by atoms with van der Waals surface area (Å²) in [6.07, 6.45) is 6.41. The molecule has 1 amide bonds. The van der Waals surface area contributed by atoms with Crippen molar-refractivity contribution in [2.75, 3.05) is 6.54 Å². The molecule has 1 aromatic heterocycles. The fourth-order valence-corrected chi connectivity index (χ4v) is 2.18. The van der Waals surface area contributed by atoms with Gasteiger partial charge in [0.25, 0.3) is 5.69 Å². The van der Waals surface area contributed by atoms with Gasteiger partial charge in [-0.05, 0) is 23.3 Å². The summed E-state index contributed by atoms with van der Waals surface area (Å²) in [4.78, 5) is 28.3. The molecule has 0 bridgehead atoms. The molecule has 0 aliphatic carbocycles. The second-order valence-electron chi connectivity index (χ2n) is 5.21. The van der Waals surface area contributed by atoms with Gasteiger partial charge in [-0.1, -0.05) is 18.2 Å². The van der Waals surface area contributed by atoms with Crippen LogP contribution in [-0.4, -0.2) is 27.3 Å². The van der Waals surface area contributed by atoms with Crippen molar-refractivity contribution in [3.8, 4) is 6.07 Å². The van der Waals surface area contributed by atoms with Crippen molar-refractivity contribution in [2.45, 2.75) is 13.0 Å². The predicted molar refractivity (Wildman–Crippen MR) is 92.0 cm³/mol.